The van der Waals surface area contributed by atoms with Crippen molar-refractivity contribution in [1.29, 1.82) is 0 Å². The van der Waals surface area contributed by atoms with Gasteiger partial charge in [0, 0.05) is 38.4 Å². The molecule has 1 amide bonds. The zero-order valence-electron chi connectivity index (χ0n) is 14.0. The SMILES string of the molecule is NC(=O)c1cc(C(O)CN2CCN(c3ccccc3)CC2)ccc1O. The van der Waals surface area contributed by atoms with E-state index >= 15 is 0 Å². The Morgan fingerprint density at radius 2 is 1.76 bits per heavy atom. The molecule has 0 spiro atoms. The largest absolute Gasteiger partial charge is 0.507 e. The number of carbonyl (C=O) groups is 1. The zero-order chi connectivity index (χ0) is 17.8. The number of anilines is 1. The maximum Gasteiger partial charge on any atom is 0.252 e. The smallest absolute Gasteiger partial charge is 0.252 e. The molecule has 1 heterocycles. The molecular weight excluding hydrogens is 318 g/mol. The van der Waals surface area contributed by atoms with Crippen LogP contribution in [0.4, 0.5) is 5.69 Å². The molecule has 3 rings (SSSR count). The molecule has 132 valence electrons. The number of amides is 1. The summed E-state index contributed by atoms with van der Waals surface area (Å²) in [6.45, 7) is 3.99. The molecule has 0 aliphatic carbocycles. The number of aliphatic hydroxyl groups is 1. The molecule has 6 heteroatoms. The number of rotatable bonds is 5. The van der Waals surface area contributed by atoms with Crippen molar-refractivity contribution < 1.29 is 15.0 Å². The number of benzene rings is 2. The molecule has 2 aromatic rings. The predicted molar refractivity (Wildman–Crippen MR) is 96.7 cm³/mol. The van der Waals surface area contributed by atoms with Gasteiger partial charge in [-0.15, -0.1) is 0 Å². The molecule has 1 aliphatic heterocycles. The first-order valence-electron chi connectivity index (χ1n) is 8.37. The van der Waals surface area contributed by atoms with Crippen molar-refractivity contribution in [2.75, 3.05) is 37.6 Å². The molecule has 0 aromatic heterocycles. The van der Waals surface area contributed by atoms with Crippen molar-refractivity contribution in [1.82, 2.24) is 4.90 Å². The lowest BCUT2D eigenvalue weighted by Crippen LogP contribution is -2.47. The van der Waals surface area contributed by atoms with Crippen LogP contribution in [0, 0.1) is 0 Å². The van der Waals surface area contributed by atoms with Crippen molar-refractivity contribution in [2.24, 2.45) is 5.73 Å². The van der Waals surface area contributed by atoms with E-state index in [1.807, 2.05) is 18.2 Å². The second-order valence-corrected chi connectivity index (χ2v) is 6.28. The van der Waals surface area contributed by atoms with Crippen molar-refractivity contribution in [3.8, 4) is 5.75 Å². The average molecular weight is 341 g/mol. The van der Waals surface area contributed by atoms with Gasteiger partial charge in [-0.25, -0.2) is 0 Å². The van der Waals surface area contributed by atoms with E-state index in [4.69, 9.17) is 5.73 Å². The zero-order valence-corrected chi connectivity index (χ0v) is 14.0. The van der Waals surface area contributed by atoms with Crippen LogP contribution >= 0.6 is 0 Å². The summed E-state index contributed by atoms with van der Waals surface area (Å²) in [7, 11) is 0. The fraction of sp³-hybridized carbons (Fsp3) is 0.316. The second kappa shape index (κ2) is 7.55. The summed E-state index contributed by atoms with van der Waals surface area (Å²) in [6.07, 6.45) is -0.734. The van der Waals surface area contributed by atoms with E-state index in [1.165, 1.54) is 17.8 Å². The minimum atomic E-state index is -0.734. The predicted octanol–water partition coefficient (Wildman–Crippen LogP) is 1.35. The molecule has 1 fully saturated rings. The van der Waals surface area contributed by atoms with Crippen molar-refractivity contribution in [3.63, 3.8) is 0 Å². The van der Waals surface area contributed by atoms with Crippen molar-refractivity contribution >= 4 is 11.6 Å². The molecule has 25 heavy (non-hydrogen) atoms. The van der Waals surface area contributed by atoms with E-state index < -0.39 is 12.0 Å². The van der Waals surface area contributed by atoms with E-state index in [9.17, 15) is 15.0 Å². The Labute approximate surface area is 147 Å². The fourth-order valence-electron chi connectivity index (χ4n) is 3.14. The van der Waals surface area contributed by atoms with E-state index in [-0.39, 0.29) is 11.3 Å². The van der Waals surface area contributed by atoms with Crippen molar-refractivity contribution in [2.45, 2.75) is 6.10 Å². The molecule has 1 atom stereocenters. The van der Waals surface area contributed by atoms with E-state index in [0.29, 0.717) is 12.1 Å². The van der Waals surface area contributed by atoms with Crippen LogP contribution in [0.2, 0.25) is 0 Å². The quantitative estimate of drug-likeness (QED) is 0.764. The number of aromatic hydroxyl groups is 1. The lowest BCUT2D eigenvalue weighted by atomic mass is 10.0. The third-order valence-corrected chi connectivity index (χ3v) is 4.60. The van der Waals surface area contributed by atoms with Gasteiger partial charge in [0.2, 0.25) is 0 Å². The van der Waals surface area contributed by atoms with Crippen LogP contribution in [0.5, 0.6) is 5.75 Å². The van der Waals surface area contributed by atoms with E-state index in [0.717, 1.165) is 26.2 Å². The van der Waals surface area contributed by atoms with Gasteiger partial charge in [-0.3, -0.25) is 9.69 Å². The van der Waals surface area contributed by atoms with Gasteiger partial charge in [0.15, 0.2) is 0 Å². The molecule has 0 bridgehead atoms. The topological polar surface area (TPSA) is 90.0 Å². The number of carbonyl (C=O) groups excluding carboxylic acids is 1. The van der Waals surface area contributed by atoms with Gasteiger partial charge in [0.05, 0.1) is 11.7 Å². The molecule has 2 aromatic carbocycles. The van der Waals surface area contributed by atoms with Crippen LogP contribution in [0.1, 0.15) is 22.0 Å². The van der Waals surface area contributed by atoms with Gasteiger partial charge < -0.3 is 20.8 Å². The van der Waals surface area contributed by atoms with Gasteiger partial charge in [-0.1, -0.05) is 24.3 Å². The summed E-state index contributed by atoms with van der Waals surface area (Å²) in [5.41, 5.74) is 7.07. The van der Waals surface area contributed by atoms with Gasteiger partial charge in [-0.05, 0) is 29.8 Å². The first-order valence-corrected chi connectivity index (χ1v) is 8.37. The lowest BCUT2D eigenvalue weighted by Gasteiger charge is -2.37. The highest BCUT2D eigenvalue weighted by atomic mass is 16.3. The molecule has 0 saturated carbocycles. The van der Waals surface area contributed by atoms with Gasteiger partial charge in [0.1, 0.15) is 5.75 Å². The Kier molecular flexibility index (Phi) is 5.21. The van der Waals surface area contributed by atoms with Crippen LogP contribution in [0.3, 0.4) is 0 Å². The highest BCUT2D eigenvalue weighted by Gasteiger charge is 2.21. The lowest BCUT2D eigenvalue weighted by molar-refractivity contribution is 0.0995. The molecule has 1 aliphatic rings. The summed E-state index contributed by atoms with van der Waals surface area (Å²) >= 11 is 0. The molecule has 0 radical (unpaired) electrons. The number of primary amides is 1. The van der Waals surface area contributed by atoms with Gasteiger partial charge >= 0.3 is 0 Å². The number of piperazine rings is 1. The van der Waals surface area contributed by atoms with Gasteiger partial charge in [0.25, 0.3) is 5.91 Å². The molecule has 1 saturated heterocycles. The summed E-state index contributed by atoms with van der Waals surface area (Å²) in [4.78, 5) is 15.8. The third-order valence-electron chi connectivity index (χ3n) is 4.60. The number of phenols is 1. The standard InChI is InChI=1S/C19H23N3O3/c20-19(25)16-12-14(6-7-17(16)23)18(24)13-21-8-10-22(11-9-21)15-4-2-1-3-5-15/h1-7,12,18,23-24H,8-11,13H2,(H2,20,25). The third kappa shape index (κ3) is 4.10. The Balaban J connectivity index is 1.59. The number of β-amino-alcohol motifs (C(OH)–C–C–N with tert-alkyl or cyclic N) is 1. The normalized spacial score (nSPS) is 16.6. The van der Waals surface area contributed by atoms with Crippen molar-refractivity contribution in [3.05, 3.63) is 59.7 Å². The first kappa shape index (κ1) is 17.3. The Bertz CT molecular complexity index is 728. The Morgan fingerprint density at radius 1 is 1.08 bits per heavy atom. The molecule has 6 nitrogen and oxygen atoms in total. The number of aliphatic hydroxyl groups excluding tert-OH is 1. The minimum absolute atomic E-state index is 0.0328. The average Bonchev–Trinajstić information content (AvgIpc) is 2.63. The fourth-order valence-corrected chi connectivity index (χ4v) is 3.14. The molecular formula is C19H23N3O3. The van der Waals surface area contributed by atoms with Crippen LogP contribution in [-0.2, 0) is 0 Å². The molecule has 1 unspecified atom stereocenters. The minimum Gasteiger partial charge on any atom is -0.507 e. The maximum absolute atomic E-state index is 11.3. The number of para-hydroxylation sites is 1. The van der Waals surface area contributed by atoms with Crippen LogP contribution in [0.25, 0.3) is 0 Å². The summed E-state index contributed by atoms with van der Waals surface area (Å²) in [5, 5.41) is 20.1. The Hall–Kier alpha value is -2.57. The van der Waals surface area contributed by atoms with E-state index in [2.05, 4.69) is 21.9 Å². The van der Waals surface area contributed by atoms with Gasteiger partial charge in [-0.2, -0.15) is 0 Å². The van der Waals surface area contributed by atoms with Crippen LogP contribution in [0.15, 0.2) is 48.5 Å². The monoisotopic (exact) mass is 341 g/mol. The Morgan fingerprint density at radius 3 is 2.40 bits per heavy atom. The summed E-state index contributed by atoms with van der Waals surface area (Å²) in [6, 6.07) is 14.8. The highest BCUT2D eigenvalue weighted by Crippen LogP contribution is 2.23. The summed E-state index contributed by atoms with van der Waals surface area (Å²) < 4.78 is 0. The number of hydrogen-bond donors (Lipinski definition) is 3. The van der Waals surface area contributed by atoms with E-state index in [1.54, 1.807) is 6.07 Å². The molecule has 4 N–H and O–H groups in total. The number of hydrogen-bond acceptors (Lipinski definition) is 5. The first-order chi connectivity index (χ1) is 12.0. The maximum atomic E-state index is 11.3. The van der Waals surface area contributed by atoms with Crippen LogP contribution in [-0.4, -0.2) is 53.7 Å². The number of nitrogens with zero attached hydrogens (tertiary/aromatic N) is 2. The van der Waals surface area contributed by atoms with Crippen LogP contribution < -0.4 is 10.6 Å². The highest BCUT2D eigenvalue weighted by molar-refractivity contribution is 5.95. The second-order valence-electron chi connectivity index (χ2n) is 6.28. The number of nitrogens with two attached hydrogens (primary N) is 1. The summed E-state index contributed by atoms with van der Waals surface area (Å²) in [5.74, 6) is -0.872.